The molecule has 160 valence electrons. The number of carbonyl (C=O) groups is 1. The number of aromatic nitrogens is 5. The molecular formula is C18H19F3N6O3. The average molecular weight is 424 g/mol. The normalized spacial score (nSPS) is 11.6. The molecule has 0 saturated carbocycles. The van der Waals surface area contributed by atoms with Crippen LogP contribution in [0.3, 0.4) is 0 Å². The van der Waals surface area contributed by atoms with E-state index >= 15 is 0 Å². The lowest BCUT2D eigenvalue weighted by atomic mass is 10.2. The summed E-state index contributed by atoms with van der Waals surface area (Å²) in [6.45, 7) is 0.605. The van der Waals surface area contributed by atoms with Gasteiger partial charge in [0.2, 0.25) is 5.88 Å². The topological polar surface area (TPSA) is 115 Å². The summed E-state index contributed by atoms with van der Waals surface area (Å²) in [6, 6.07) is 3.22. The van der Waals surface area contributed by atoms with Crippen molar-refractivity contribution < 1.29 is 27.8 Å². The minimum atomic E-state index is -4.46. The fourth-order valence-electron chi connectivity index (χ4n) is 2.69. The maximum atomic E-state index is 12.3. The minimum absolute atomic E-state index is 0.0314. The van der Waals surface area contributed by atoms with Crippen molar-refractivity contribution in [3.05, 3.63) is 41.5 Å². The van der Waals surface area contributed by atoms with Gasteiger partial charge in [0, 0.05) is 31.1 Å². The Morgan fingerprint density at radius 2 is 2.13 bits per heavy atom. The van der Waals surface area contributed by atoms with Crippen LogP contribution < -0.4 is 10.1 Å². The summed E-state index contributed by atoms with van der Waals surface area (Å²) in [5.74, 6) is -0.567. The number of nitrogens with zero attached hydrogens (tertiary/aromatic N) is 5. The van der Waals surface area contributed by atoms with E-state index in [4.69, 9.17) is 5.11 Å². The van der Waals surface area contributed by atoms with Crippen molar-refractivity contribution >= 4 is 16.8 Å². The Morgan fingerprint density at radius 3 is 2.83 bits per heavy atom. The number of carbonyl (C=O) groups excluding carboxylic acids is 1. The van der Waals surface area contributed by atoms with E-state index in [2.05, 4.69) is 30.3 Å². The van der Waals surface area contributed by atoms with Crippen LogP contribution in [0.1, 0.15) is 28.2 Å². The van der Waals surface area contributed by atoms with Gasteiger partial charge in [-0.3, -0.25) is 14.5 Å². The van der Waals surface area contributed by atoms with Crippen LogP contribution in [-0.2, 0) is 6.54 Å². The standard InChI is InChI=1S/C18H19F3N6O3/c1-11-7-12(24-25-17(11)30-10-18(19,20)21)8-27-9-13-14(26-27)3-5-22-15(13)16(29)23-4-2-6-28/h3,5,7,9,28H,2,4,6,8,10H2,1H3,(H,23,29). The first-order valence-corrected chi connectivity index (χ1v) is 9.01. The lowest BCUT2D eigenvalue weighted by molar-refractivity contribution is -0.154. The van der Waals surface area contributed by atoms with Crippen LogP contribution in [0.15, 0.2) is 24.5 Å². The molecule has 30 heavy (non-hydrogen) atoms. The molecule has 1 amide bonds. The number of rotatable bonds is 8. The highest BCUT2D eigenvalue weighted by Crippen LogP contribution is 2.20. The van der Waals surface area contributed by atoms with Gasteiger partial charge >= 0.3 is 6.18 Å². The molecule has 0 aliphatic heterocycles. The number of pyridine rings is 1. The Bertz CT molecular complexity index is 1040. The maximum absolute atomic E-state index is 12.3. The molecule has 0 bridgehead atoms. The van der Waals surface area contributed by atoms with Crippen LogP contribution in [-0.4, -0.2) is 61.9 Å². The fraction of sp³-hybridized carbons (Fsp3) is 0.389. The Labute approximate surface area is 168 Å². The van der Waals surface area contributed by atoms with Crippen molar-refractivity contribution in [2.24, 2.45) is 0 Å². The third-order valence-corrected chi connectivity index (χ3v) is 4.00. The third-order valence-electron chi connectivity index (χ3n) is 4.00. The number of ether oxygens (including phenoxy) is 1. The first kappa shape index (κ1) is 21.4. The van der Waals surface area contributed by atoms with Gasteiger partial charge in [0.05, 0.1) is 23.1 Å². The summed E-state index contributed by atoms with van der Waals surface area (Å²) in [7, 11) is 0. The molecule has 0 fully saturated rings. The molecule has 0 aliphatic rings. The van der Waals surface area contributed by atoms with Crippen molar-refractivity contribution in [1.29, 1.82) is 0 Å². The number of aliphatic hydroxyl groups is 1. The zero-order valence-electron chi connectivity index (χ0n) is 16.0. The molecule has 0 unspecified atom stereocenters. The van der Waals surface area contributed by atoms with Crippen molar-refractivity contribution in [3.8, 4) is 5.88 Å². The number of aliphatic hydroxyl groups excluding tert-OH is 1. The molecule has 0 aliphatic carbocycles. The van der Waals surface area contributed by atoms with E-state index in [-0.39, 0.29) is 30.6 Å². The van der Waals surface area contributed by atoms with Crippen LogP contribution in [0.25, 0.3) is 10.9 Å². The highest BCUT2D eigenvalue weighted by Gasteiger charge is 2.29. The molecule has 3 heterocycles. The number of fused-ring (bicyclic) bond motifs is 1. The first-order chi connectivity index (χ1) is 14.3. The Kier molecular flexibility index (Phi) is 6.45. The van der Waals surface area contributed by atoms with Gasteiger partial charge in [-0.15, -0.1) is 10.2 Å². The van der Waals surface area contributed by atoms with Gasteiger partial charge in [-0.1, -0.05) is 0 Å². The summed E-state index contributed by atoms with van der Waals surface area (Å²) in [5, 5.41) is 24.0. The minimum Gasteiger partial charge on any atom is -0.467 e. The van der Waals surface area contributed by atoms with Crippen LogP contribution in [0.5, 0.6) is 5.88 Å². The molecule has 0 spiro atoms. The number of halogens is 3. The summed E-state index contributed by atoms with van der Waals surface area (Å²) in [4.78, 5) is 16.4. The van der Waals surface area contributed by atoms with Crippen molar-refractivity contribution in [1.82, 2.24) is 30.3 Å². The molecular weight excluding hydrogens is 405 g/mol. The number of amides is 1. The highest BCUT2D eigenvalue weighted by molar-refractivity contribution is 6.04. The lowest BCUT2D eigenvalue weighted by Crippen LogP contribution is -2.26. The van der Waals surface area contributed by atoms with E-state index in [1.165, 1.54) is 10.9 Å². The van der Waals surface area contributed by atoms with Gasteiger partial charge in [0.1, 0.15) is 5.69 Å². The molecule has 0 saturated heterocycles. The SMILES string of the molecule is Cc1cc(Cn2cc3c(C(=O)NCCCO)nccc3n2)nnc1OCC(F)(F)F. The van der Waals surface area contributed by atoms with Crippen LogP contribution in [0.4, 0.5) is 13.2 Å². The lowest BCUT2D eigenvalue weighted by Gasteiger charge is -2.10. The molecule has 12 heteroatoms. The van der Waals surface area contributed by atoms with Crippen LogP contribution >= 0.6 is 0 Å². The van der Waals surface area contributed by atoms with Crippen LogP contribution in [0, 0.1) is 6.92 Å². The second-order valence-electron chi connectivity index (χ2n) is 6.48. The molecule has 2 N–H and O–H groups in total. The second-order valence-corrected chi connectivity index (χ2v) is 6.48. The summed E-state index contributed by atoms with van der Waals surface area (Å²) >= 11 is 0. The predicted molar refractivity (Wildman–Crippen MR) is 99.0 cm³/mol. The smallest absolute Gasteiger partial charge is 0.422 e. The van der Waals surface area contributed by atoms with Crippen molar-refractivity contribution in [2.45, 2.75) is 26.1 Å². The Morgan fingerprint density at radius 1 is 1.33 bits per heavy atom. The molecule has 3 aromatic rings. The number of hydrogen-bond donors (Lipinski definition) is 2. The average Bonchev–Trinajstić information content (AvgIpc) is 3.09. The highest BCUT2D eigenvalue weighted by atomic mass is 19.4. The van der Waals surface area contributed by atoms with E-state index < -0.39 is 12.8 Å². The summed E-state index contributed by atoms with van der Waals surface area (Å²) in [5.41, 5.74) is 1.62. The predicted octanol–water partition coefficient (Wildman–Crippen LogP) is 1.63. The second kappa shape index (κ2) is 9.03. The van der Waals surface area contributed by atoms with E-state index in [0.29, 0.717) is 35.1 Å². The van der Waals surface area contributed by atoms with E-state index in [0.717, 1.165) is 0 Å². The van der Waals surface area contributed by atoms with Gasteiger partial charge < -0.3 is 15.2 Å². The van der Waals surface area contributed by atoms with E-state index in [9.17, 15) is 18.0 Å². The Balaban J connectivity index is 1.75. The van der Waals surface area contributed by atoms with Crippen LogP contribution in [0.2, 0.25) is 0 Å². The molecule has 9 nitrogen and oxygen atoms in total. The number of alkyl halides is 3. The van der Waals surface area contributed by atoms with E-state index in [1.807, 2.05) is 0 Å². The monoisotopic (exact) mass is 424 g/mol. The zero-order chi connectivity index (χ0) is 21.7. The van der Waals surface area contributed by atoms with Gasteiger partial charge in [-0.05, 0) is 25.5 Å². The number of nitrogens with one attached hydrogen (secondary N) is 1. The zero-order valence-corrected chi connectivity index (χ0v) is 16.0. The van der Waals surface area contributed by atoms with Gasteiger partial charge in [0.15, 0.2) is 6.61 Å². The largest absolute Gasteiger partial charge is 0.467 e. The number of hydrogen-bond acceptors (Lipinski definition) is 7. The summed E-state index contributed by atoms with van der Waals surface area (Å²) in [6.07, 6.45) is -0.925. The fourth-order valence-corrected chi connectivity index (χ4v) is 2.69. The molecule has 0 atom stereocenters. The van der Waals surface area contributed by atoms with Gasteiger partial charge in [-0.2, -0.15) is 18.3 Å². The molecule has 0 aromatic carbocycles. The molecule has 0 radical (unpaired) electrons. The summed E-state index contributed by atoms with van der Waals surface area (Å²) < 4.78 is 43.0. The van der Waals surface area contributed by atoms with Gasteiger partial charge in [0.25, 0.3) is 5.91 Å². The third kappa shape index (κ3) is 5.41. The quantitative estimate of drug-likeness (QED) is 0.528. The molecule has 3 aromatic heterocycles. The first-order valence-electron chi connectivity index (χ1n) is 9.01. The maximum Gasteiger partial charge on any atom is 0.422 e. The van der Waals surface area contributed by atoms with Crippen molar-refractivity contribution in [2.75, 3.05) is 19.8 Å². The number of aryl methyl sites for hydroxylation is 1. The van der Waals surface area contributed by atoms with E-state index in [1.54, 1.807) is 25.3 Å². The van der Waals surface area contributed by atoms with Crippen molar-refractivity contribution in [3.63, 3.8) is 0 Å². The van der Waals surface area contributed by atoms with Gasteiger partial charge in [-0.25, -0.2) is 0 Å². The Hall–Kier alpha value is -3.28. The molecule has 3 rings (SSSR count).